The quantitative estimate of drug-likeness (QED) is 0.188. The number of benzene rings is 3. The standard InChI is InChI=1S/C30H33BrF3NO3/c31-27-21-24(29(37)35-17-9-4-2-1-3-6-10-22-11-7-5-8-12-22)20-26(28(27)38-19-18-36)23-13-15-25(16-14-23)30(32,33)34/h5,7-8,11-16,20-21,36H,1-4,6,9-10,17-19H2,(H,35,37). The minimum Gasteiger partial charge on any atom is -0.489 e. The topological polar surface area (TPSA) is 58.6 Å². The van der Waals surface area contributed by atoms with E-state index in [2.05, 4.69) is 45.5 Å². The first-order valence-electron chi connectivity index (χ1n) is 12.9. The number of hydrogen-bond acceptors (Lipinski definition) is 3. The number of carbonyl (C=O) groups is 1. The fourth-order valence-electron chi connectivity index (χ4n) is 4.18. The fourth-order valence-corrected chi connectivity index (χ4v) is 4.76. The lowest BCUT2D eigenvalue weighted by atomic mass is 10.00. The van der Waals surface area contributed by atoms with Crippen LogP contribution >= 0.6 is 15.9 Å². The van der Waals surface area contributed by atoms with Gasteiger partial charge in [-0.2, -0.15) is 13.2 Å². The lowest BCUT2D eigenvalue weighted by Crippen LogP contribution is -2.24. The van der Waals surface area contributed by atoms with Gasteiger partial charge in [-0.25, -0.2) is 0 Å². The highest BCUT2D eigenvalue weighted by atomic mass is 79.9. The van der Waals surface area contributed by atoms with Gasteiger partial charge < -0.3 is 15.2 Å². The van der Waals surface area contributed by atoms with Crippen molar-refractivity contribution in [3.05, 3.63) is 87.9 Å². The molecule has 0 aliphatic heterocycles. The first kappa shape index (κ1) is 29.7. The molecule has 0 fully saturated rings. The Hall–Kier alpha value is -2.84. The minimum absolute atomic E-state index is 0.00400. The van der Waals surface area contributed by atoms with Gasteiger partial charge in [-0.05, 0) is 70.6 Å². The van der Waals surface area contributed by atoms with Gasteiger partial charge in [0.05, 0.1) is 16.6 Å². The number of amides is 1. The number of ether oxygens (including phenoxy) is 1. The van der Waals surface area contributed by atoms with E-state index in [9.17, 15) is 18.0 Å². The normalized spacial score (nSPS) is 11.4. The molecule has 0 saturated heterocycles. The van der Waals surface area contributed by atoms with E-state index in [0.717, 1.165) is 37.8 Å². The maximum absolute atomic E-state index is 13.0. The second-order valence-electron chi connectivity index (χ2n) is 9.09. The van der Waals surface area contributed by atoms with Crippen LogP contribution in [0.15, 0.2) is 71.2 Å². The van der Waals surface area contributed by atoms with Crippen molar-refractivity contribution in [3.63, 3.8) is 0 Å². The maximum atomic E-state index is 13.0. The van der Waals surface area contributed by atoms with Gasteiger partial charge in [-0.1, -0.05) is 68.1 Å². The molecule has 2 N–H and O–H groups in total. The van der Waals surface area contributed by atoms with Crippen molar-refractivity contribution in [2.45, 2.75) is 51.1 Å². The van der Waals surface area contributed by atoms with Gasteiger partial charge in [-0.15, -0.1) is 0 Å². The van der Waals surface area contributed by atoms with E-state index >= 15 is 0 Å². The molecule has 0 unspecified atom stereocenters. The number of nitrogens with one attached hydrogen (secondary N) is 1. The number of aryl methyl sites for hydroxylation is 1. The van der Waals surface area contributed by atoms with Gasteiger partial charge >= 0.3 is 6.18 Å². The summed E-state index contributed by atoms with van der Waals surface area (Å²) in [6.45, 7) is 0.317. The van der Waals surface area contributed by atoms with Crippen LogP contribution in [0.25, 0.3) is 11.1 Å². The number of rotatable bonds is 14. The number of halogens is 4. The highest BCUT2D eigenvalue weighted by Crippen LogP contribution is 2.39. The molecule has 0 saturated carbocycles. The molecule has 3 rings (SSSR count). The molecule has 1 amide bonds. The van der Waals surface area contributed by atoms with E-state index < -0.39 is 11.7 Å². The molecule has 4 nitrogen and oxygen atoms in total. The molecular formula is C30H33BrF3NO3. The predicted octanol–water partition coefficient (Wildman–Crippen LogP) is 7.82. The van der Waals surface area contributed by atoms with Crippen LogP contribution in [0.2, 0.25) is 0 Å². The van der Waals surface area contributed by atoms with Gasteiger partial charge in [-0.3, -0.25) is 4.79 Å². The predicted molar refractivity (Wildman–Crippen MR) is 147 cm³/mol. The van der Waals surface area contributed by atoms with Crippen molar-refractivity contribution in [3.8, 4) is 16.9 Å². The van der Waals surface area contributed by atoms with Crippen LogP contribution in [0.4, 0.5) is 13.2 Å². The summed E-state index contributed by atoms with van der Waals surface area (Å²) < 4.78 is 45.1. The zero-order chi connectivity index (χ0) is 27.4. The van der Waals surface area contributed by atoms with E-state index in [1.54, 1.807) is 12.1 Å². The molecule has 0 aromatic heterocycles. The van der Waals surface area contributed by atoms with Crippen molar-refractivity contribution >= 4 is 21.8 Å². The van der Waals surface area contributed by atoms with Crippen LogP contribution in [0.3, 0.4) is 0 Å². The van der Waals surface area contributed by atoms with Crippen molar-refractivity contribution in [1.82, 2.24) is 5.32 Å². The second-order valence-corrected chi connectivity index (χ2v) is 9.95. The van der Waals surface area contributed by atoms with E-state index in [-0.39, 0.29) is 19.1 Å². The maximum Gasteiger partial charge on any atom is 0.416 e. The lowest BCUT2D eigenvalue weighted by molar-refractivity contribution is -0.137. The van der Waals surface area contributed by atoms with Crippen LogP contribution in [-0.4, -0.2) is 30.8 Å². The van der Waals surface area contributed by atoms with E-state index in [1.807, 2.05) is 6.07 Å². The molecule has 0 aliphatic carbocycles. The third-order valence-corrected chi connectivity index (χ3v) is 6.78. The van der Waals surface area contributed by atoms with Gasteiger partial charge in [0, 0.05) is 17.7 Å². The largest absolute Gasteiger partial charge is 0.489 e. The summed E-state index contributed by atoms with van der Waals surface area (Å²) in [5.41, 5.74) is 1.90. The average Bonchev–Trinajstić information content (AvgIpc) is 2.91. The van der Waals surface area contributed by atoms with Crippen LogP contribution in [0.1, 0.15) is 60.0 Å². The highest BCUT2D eigenvalue weighted by Gasteiger charge is 2.30. The molecule has 0 spiro atoms. The second kappa shape index (κ2) is 14.9. The third-order valence-electron chi connectivity index (χ3n) is 6.19. The fraction of sp³-hybridized carbons (Fsp3) is 0.367. The average molecular weight is 592 g/mol. The summed E-state index contributed by atoms with van der Waals surface area (Å²) in [6.07, 6.45) is 3.20. The lowest BCUT2D eigenvalue weighted by Gasteiger charge is -2.16. The van der Waals surface area contributed by atoms with Crippen molar-refractivity contribution < 1.29 is 27.8 Å². The molecule has 3 aromatic rings. The number of carbonyl (C=O) groups excluding carboxylic acids is 1. The molecule has 3 aromatic carbocycles. The zero-order valence-corrected chi connectivity index (χ0v) is 22.8. The molecule has 0 bridgehead atoms. The first-order chi connectivity index (χ1) is 18.3. The summed E-state index contributed by atoms with van der Waals surface area (Å²) in [7, 11) is 0. The van der Waals surface area contributed by atoms with Gasteiger partial charge in [0.25, 0.3) is 5.91 Å². The molecule has 0 aliphatic rings. The Morgan fingerprint density at radius 1 is 0.895 bits per heavy atom. The van der Waals surface area contributed by atoms with Crippen molar-refractivity contribution in [1.29, 1.82) is 0 Å². The van der Waals surface area contributed by atoms with Gasteiger partial charge in [0.2, 0.25) is 0 Å². The molecule has 204 valence electrons. The van der Waals surface area contributed by atoms with E-state index in [4.69, 9.17) is 9.84 Å². The number of alkyl halides is 3. The summed E-state index contributed by atoms with van der Waals surface area (Å²) in [4.78, 5) is 12.8. The van der Waals surface area contributed by atoms with Gasteiger partial charge in [0.1, 0.15) is 12.4 Å². The summed E-state index contributed by atoms with van der Waals surface area (Å²) >= 11 is 3.41. The third kappa shape index (κ3) is 9.17. The van der Waals surface area contributed by atoms with Crippen LogP contribution < -0.4 is 10.1 Å². The van der Waals surface area contributed by atoms with Crippen LogP contribution in [0, 0.1) is 0 Å². The Bertz CT molecular complexity index is 1150. The number of aliphatic hydroxyl groups is 1. The van der Waals surface area contributed by atoms with Crippen molar-refractivity contribution in [2.24, 2.45) is 0 Å². The molecule has 0 atom stereocenters. The Labute approximate surface area is 230 Å². The minimum atomic E-state index is -4.45. The first-order valence-corrected chi connectivity index (χ1v) is 13.7. The smallest absolute Gasteiger partial charge is 0.416 e. The Morgan fingerprint density at radius 2 is 1.55 bits per heavy atom. The number of hydrogen-bond donors (Lipinski definition) is 2. The Kier molecular flexibility index (Phi) is 11.7. The van der Waals surface area contributed by atoms with Crippen LogP contribution in [0.5, 0.6) is 5.75 Å². The summed E-state index contributed by atoms with van der Waals surface area (Å²) in [5.74, 6) is 0.0815. The number of unbranched alkanes of at least 4 members (excludes halogenated alkanes) is 5. The summed E-state index contributed by atoms with van der Waals surface area (Å²) in [5, 5.41) is 12.1. The molecule has 8 heteroatoms. The summed E-state index contributed by atoms with van der Waals surface area (Å²) in [6, 6.07) is 18.4. The zero-order valence-electron chi connectivity index (χ0n) is 21.2. The Morgan fingerprint density at radius 3 is 2.21 bits per heavy atom. The van der Waals surface area contributed by atoms with Crippen LogP contribution in [-0.2, 0) is 12.6 Å². The number of aliphatic hydroxyl groups excluding tert-OH is 1. The molecule has 0 radical (unpaired) electrons. The van der Waals surface area contributed by atoms with Crippen molar-refractivity contribution in [2.75, 3.05) is 19.8 Å². The molecule has 38 heavy (non-hydrogen) atoms. The highest BCUT2D eigenvalue weighted by molar-refractivity contribution is 9.10. The SMILES string of the molecule is O=C(NCCCCCCCCc1ccccc1)c1cc(Br)c(OCCO)c(-c2ccc(C(F)(F)F)cc2)c1. The van der Waals surface area contributed by atoms with E-state index in [1.165, 1.54) is 37.0 Å². The molecular weight excluding hydrogens is 559 g/mol. The monoisotopic (exact) mass is 591 g/mol. The van der Waals surface area contributed by atoms with E-state index in [0.29, 0.717) is 33.5 Å². The molecule has 0 heterocycles. The van der Waals surface area contributed by atoms with Gasteiger partial charge in [0.15, 0.2) is 0 Å². The Balaban J connectivity index is 1.52.